The monoisotopic (exact) mass is 550 g/mol. The Kier molecular flexibility index (Phi) is 8.11. The quantitative estimate of drug-likeness (QED) is 0.302. The zero-order valence-corrected chi connectivity index (χ0v) is 20.9. The fourth-order valence-electron chi connectivity index (χ4n) is 2.92. The summed E-state index contributed by atoms with van der Waals surface area (Å²) in [6.45, 7) is 1.25. The second kappa shape index (κ2) is 10.5. The minimum Gasteiger partial charge on any atom is -0.299 e. The van der Waals surface area contributed by atoms with E-state index in [1.54, 1.807) is 0 Å². The molecular weight excluding hydrogens is 533 g/mol. The van der Waals surface area contributed by atoms with E-state index >= 15 is 0 Å². The summed E-state index contributed by atoms with van der Waals surface area (Å²) in [7, 11) is -4.14. The van der Waals surface area contributed by atoms with Crippen molar-refractivity contribution in [3.63, 3.8) is 0 Å². The fourth-order valence-corrected chi connectivity index (χ4v) is 6.03. The van der Waals surface area contributed by atoms with E-state index in [-0.39, 0.29) is 10.8 Å². The number of carbonyl (C=O) groups is 1. The van der Waals surface area contributed by atoms with Crippen LogP contribution in [0.3, 0.4) is 0 Å². The molecule has 1 heterocycles. The van der Waals surface area contributed by atoms with Gasteiger partial charge in [-0.25, -0.2) is 8.42 Å². The maximum Gasteiger partial charge on any atom is 0.417 e. The molecule has 14 heteroatoms. The van der Waals surface area contributed by atoms with Crippen molar-refractivity contribution in [3.8, 4) is 0 Å². The zero-order chi connectivity index (χ0) is 25.1. The van der Waals surface area contributed by atoms with Crippen LogP contribution in [-0.4, -0.2) is 36.8 Å². The van der Waals surface area contributed by atoms with Gasteiger partial charge in [0.1, 0.15) is 6.04 Å². The standard InChI is InChI=1S/C20H18ClF3N4O3S3/c1-12(28(34(2,30)31)14-8-9-16(21)15(10-14)20(22,23)24)17(29)25-18-26-27-19(33-18)32-11-13-6-4-3-5-7-13/h3-10,12H,11H2,1-2H3,(H,25,26,29). The van der Waals surface area contributed by atoms with Crippen LogP contribution in [0, 0.1) is 0 Å². The highest BCUT2D eigenvalue weighted by atomic mass is 35.5. The Bertz CT molecular complexity index is 1270. The Morgan fingerprint density at radius 1 is 1.21 bits per heavy atom. The Morgan fingerprint density at radius 3 is 2.50 bits per heavy atom. The Balaban J connectivity index is 1.77. The number of anilines is 2. The van der Waals surface area contributed by atoms with Gasteiger partial charge in [0.05, 0.1) is 22.5 Å². The number of alkyl halides is 3. The number of benzene rings is 2. The van der Waals surface area contributed by atoms with Gasteiger partial charge in [-0.2, -0.15) is 13.2 Å². The van der Waals surface area contributed by atoms with Crippen molar-refractivity contribution in [2.45, 2.75) is 29.2 Å². The van der Waals surface area contributed by atoms with Gasteiger partial charge in [-0.15, -0.1) is 10.2 Å². The molecule has 7 nitrogen and oxygen atoms in total. The summed E-state index contributed by atoms with van der Waals surface area (Å²) in [6.07, 6.45) is -4.01. The van der Waals surface area contributed by atoms with Gasteiger partial charge in [0.15, 0.2) is 4.34 Å². The van der Waals surface area contributed by atoms with Crippen molar-refractivity contribution >= 4 is 61.4 Å². The average molecular weight is 551 g/mol. The van der Waals surface area contributed by atoms with Crippen molar-refractivity contribution in [2.24, 2.45) is 0 Å². The average Bonchev–Trinajstić information content (AvgIpc) is 3.19. The molecule has 0 radical (unpaired) electrons. The highest BCUT2D eigenvalue weighted by Crippen LogP contribution is 2.38. The second-order valence-electron chi connectivity index (χ2n) is 7.03. The lowest BCUT2D eigenvalue weighted by Gasteiger charge is -2.28. The van der Waals surface area contributed by atoms with E-state index in [9.17, 15) is 26.4 Å². The van der Waals surface area contributed by atoms with Gasteiger partial charge in [-0.3, -0.25) is 14.4 Å². The molecule has 1 amide bonds. The number of thioether (sulfide) groups is 1. The molecule has 2 aromatic carbocycles. The van der Waals surface area contributed by atoms with Crippen LogP contribution in [0.25, 0.3) is 0 Å². The molecule has 0 saturated carbocycles. The first-order chi connectivity index (χ1) is 15.9. The minimum atomic E-state index is -4.80. The van der Waals surface area contributed by atoms with E-state index in [0.717, 1.165) is 35.3 Å². The summed E-state index contributed by atoms with van der Waals surface area (Å²) in [4.78, 5) is 12.8. The number of carbonyl (C=O) groups excluding carboxylic acids is 1. The van der Waals surface area contributed by atoms with Gasteiger partial charge in [-0.1, -0.05) is 65.0 Å². The number of rotatable bonds is 8. The summed E-state index contributed by atoms with van der Waals surface area (Å²) in [6, 6.07) is 10.9. The van der Waals surface area contributed by atoms with E-state index in [4.69, 9.17) is 11.6 Å². The minimum absolute atomic E-state index is 0.132. The number of halogens is 4. The third-order valence-corrected chi connectivity index (χ3v) is 8.05. The van der Waals surface area contributed by atoms with Crippen molar-refractivity contribution in [1.82, 2.24) is 10.2 Å². The fraction of sp³-hybridized carbons (Fsp3) is 0.250. The molecule has 1 aromatic heterocycles. The van der Waals surface area contributed by atoms with Crippen LogP contribution in [0.15, 0.2) is 52.9 Å². The largest absolute Gasteiger partial charge is 0.417 e. The van der Waals surface area contributed by atoms with E-state index in [1.165, 1.54) is 18.7 Å². The topological polar surface area (TPSA) is 92.3 Å². The molecule has 1 atom stereocenters. The van der Waals surface area contributed by atoms with Gasteiger partial charge < -0.3 is 0 Å². The molecule has 1 unspecified atom stereocenters. The highest BCUT2D eigenvalue weighted by molar-refractivity contribution is 8.00. The van der Waals surface area contributed by atoms with E-state index in [1.807, 2.05) is 30.3 Å². The summed E-state index contributed by atoms with van der Waals surface area (Å²) in [5.41, 5.74) is -0.484. The lowest BCUT2D eigenvalue weighted by atomic mass is 10.1. The van der Waals surface area contributed by atoms with Crippen LogP contribution in [0.5, 0.6) is 0 Å². The number of nitrogens with zero attached hydrogens (tertiary/aromatic N) is 3. The maximum atomic E-state index is 13.3. The zero-order valence-electron chi connectivity index (χ0n) is 17.7. The summed E-state index contributed by atoms with van der Waals surface area (Å²) in [5, 5.41) is 9.90. The highest BCUT2D eigenvalue weighted by Gasteiger charge is 2.36. The molecule has 3 rings (SSSR count). The molecule has 1 N–H and O–H groups in total. The Labute approximate surface area is 207 Å². The number of hydrogen-bond donors (Lipinski definition) is 1. The first kappa shape index (κ1) is 26.3. The number of hydrogen-bond acceptors (Lipinski definition) is 7. The first-order valence-electron chi connectivity index (χ1n) is 9.53. The number of amides is 1. The third-order valence-electron chi connectivity index (χ3n) is 4.44. The van der Waals surface area contributed by atoms with Gasteiger partial charge in [0.2, 0.25) is 21.1 Å². The molecule has 0 aliphatic rings. The van der Waals surface area contributed by atoms with Crippen molar-refractivity contribution in [2.75, 3.05) is 15.9 Å². The summed E-state index contributed by atoms with van der Waals surface area (Å²) in [5.74, 6) is -0.149. The van der Waals surface area contributed by atoms with Crippen LogP contribution in [-0.2, 0) is 26.7 Å². The Morgan fingerprint density at radius 2 is 1.88 bits per heavy atom. The predicted molar refractivity (Wildman–Crippen MR) is 128 cm³/mol. The number of aromatic nitrogens is 2. The summed E-state index contributed by atoms with van der Waals surface area (Å²) < 4.78 is 65.8. The first-order valence-corrected chi connectivity index (χ1v) is 13.6. The van der Waals surface area contributed by atoms with Crippen molar-refractivity contribution < 1.29 is 26.4 Å². The number of sulfonamides is 1. The van der Waals surface area contributed by atoms with Crippen LogP contribution in [0.2, 0.25) is 5.02 Å². The second-order valence-corrected chi connectivity index (χ2v) is 11.5. The molecule has 0 saturated heterocycles. The van der Waals surface area contributed by atoms with Crippen LogP contribution >= 0.6 is 34.7 Å². The predicted octanol–water partition coefficient (Wildman–Crippen LogP) is 5.30. The van der Waals surface area contributed by atoms with Gasteiger partial charge in [0.25, 0.3) is 0 Å². The molecule has 34 heavy (non-hydrogen) atoms. The van der Waals surface area contributed by atoms with Gasteiger partial charge in [0, 0.05) is 5.75 Å². The van der Waals surface area contributed by atoms with Crippen molar-refractivity contribution in [3.05, 3.63) is 64.7 Å². The molecule has 0 fully saturated rings. The Hall–Kier alpha value is -2.35. The molecule has 0 aliphatic carbocycles. The van der Waals surface area contributed by atoms with Crippen LogP contribution in [0.1, 0.15) is 18.1 Å². The third kappa shape index (κ3) is 6.62. The van der Waals surface area contributed by atoms with E-state index in [0.29, 0.717) is 20.5 Å². The lowest BCUT2D eigenvalue weighted by molar-refractivity contribution is -0.137. The lowest BCUT2D eigenvalue weighted by Crippen LogP contribution is -2.45. The van der Waals surface area contributed by atoms with E-state index < -0.39 is 38.7 Å². The molecule has 3 aromatic rings. The smallest absolute Gasteiger partial charge is 0.299 e. The molecule has 0 aliphatic heterocycles. The van der Waals surface area contributed by atoms with Gasteiger partial charge in [-0.05, 0) is 30.7 Å². The van der Waals surface area contributed by atoms with Crippen LogP contribution < -0.4 is 9.62 Å². The molecular formula is C20H18ClF3N4O3S3. The molecule has 0 bridgehead atoms. The normalized spacial score (nSPS) is 12.9. The molecule has 0 spiro atoms. The SMILES string of the molecule is CC(C(=O)Nc1nnc(SCc2ccccc2)s1)N(c1ccc(Cl)c(C(F)(F)F)c1)S(C)(=O)=O. The number of nitrogens with one attached hydrogen (secondary N) is 1. The maximum absolute atomic E-state index is 13.3. The van der Waals surface area contributed by atoms with Gasteiger partial charge >= 0.3 is 6.18 Å². The molecule has 182 valence electrons. The summed E-state index contributed by atoms with van der Waals surface area (Å²) >= 11 is 8.14. The van der Waals surface area contributed by atoms with Crippen molar-refractivity contribution in [1.29, 1.82) is 0 Å². The van der Waals surface area contributed by atoms with E-state index in [2.05, 4.69) is 15.5 Å². The van der Waals surface area contributed by atoms with Crippen LogP contribution in [0.4, 0.5) is 24.0 Å².